The van der Waals surface area contributed by atoms with Crippen LogP contribution in [0.3, 0.4) is 0 Å². The molecular formula is C13H21FN2O3S. The monoisotopic (exact) mass is 304 g/mol. The van der Waals surface area contributed by atoms with E-state index in [1.54, 1.807) is 4.90 Å². The van der Waals surface area contributed by atoms with Crippen LogP contribution in [0.15, 0.2) is 0 Å². The standard InChI is InChI=1S/C13H21FN2O3S/c1-15-9-3-2-4-10(15)6-11(5-9)16-8-12(7-13(16)17)20(14,18)19/h9-12H,2-8H2,1H3/t9-,10+,11?,12?. The first-order valence-corrected chi connectivity index (χ1v) is 8.76. The molecule has 3 fully saturated rings. The average Bonchev–Trinajstić information content (AvgIpc) is 2.71. The van der Waals surface area contributed by atoms with E-state index >= 15 is 0 Å². The van der Waals surface area contributed by atoms with Crippen LogP contribution in [-0.4, -0.2) is 61.1 Å². The van der Waals surface area contributed by atoms with Gasteiger partial charge in [-0.05, 0) is 32.7 Å². The SMILES string of the molecule is CN1[C@@H]2CCC[C@H]1CC(N1CC(S(=O)(=O)F)CC1=O)C2. The predicted octanol–water partition coefficient (Wildman–Crippen LogP) is 0.902. The van der Waals surface area contributed by atoms with Crippen LogP contribution >= 0.6 is 0 Å². The van der Waals surface area contributed by atoms with Gasteiger partial charge in [0, 0.05) is 31.1 Å². The summed E-state index contributed by atoms with van der Waals surface area (Å²) in [5.41, 5.74) is 0. The smallest absolute Gasteiger partial charge is 0.307 e. The number of nitrogens with zero attached hydrogens (tertiary/aromatic N) is 2. The summed E-state index contributed by atoms with van der Waals surface area (Å²) in [5, 5.41) is -1.16. The molecule has 5 nitrogen and oxygen atoms in total. The molecule has 3 aliphatic rings. The molecule has 0 saturated carbocycles. The highest BCUT2D eigenvalue weighted by molar-refractivity contribution is 7.87. The van der Waals surface area contributed by atoms with E-state index in [1.165, 1.54) is 6.42 Å². The zero-order chi connectivity index (χ0) is 14.5. The Labute approximate surface area is 119 Å². The molecule has 7 heteroatoms. The number of piperidine rings is 2. The lowest BCUT2D eigenvalue weighted by molar-refractivity contribution is -0.131. The number of likely N-dealkylation sites (tertiary alicyclic amines) is 1. The molecular weight excluding hydrogens is 283 g/mol. The van der Waals surface area contributed by atoms with E-state index in [-0.39, 0.29) is 24.9 Å². The number of halogens is 1. The number of rotatable bonds is 2. The first-order chi connectivity index (χ1) is 9.36. The highest BCUT2D eigenvalue weighted by Gasteiger charge is 2.45. The minimum atomic E-state index is -4.61. The molecule has 3 aliphatic heterocycles. The first-order valence-electron chi connectivity index (χ1n) is 7.31. The Hall–Kier alpha value is -0.690. The van der Waals surface area contributed by atoms with Crippen molar-refractivity contribution < 1.29 is 17.1 Å². The fourth-order valence-electron chi connectivity index (χ4n) is 4.08. The van der Waals surface area contributed by atoms with Crippen molar-refractivity contribution in [3.05, 3.63) is 0 Å². The third-order valence-electron chi connectivity index (χ3n) is 5.28. The summed E-state index contributed by atoms with van der Waals surface area (Å²) in [4.78, 5) is 16.0. The van der Waals surface area contributed by atoms with Crippen molar-refractivity contribution in [3.8, 4) is 0 Å². The van der Waals surface area contributed by atoms with Crippen LogP contribution in [0.25, 0.3) is 0 Å². The molecule has 0 radical (unpaired) electrons. The van der Waals surface area contributed by atoms with Crippen LogP contribution in [0.1, 0.15) is 38.5 Å². The summed E-state index contributed by atoms with van der Waals surface area (Å²) in [5.74, 6) is -0.205. The quantitative estimate of drug-likeness (QED) is 0.711. The second-order valence-electron chi connectivity index (χ2n) is 6.38. The maximum atomic E-state index is 13.1. The van der Waals surface area contributed by atoms with Crippen LogP contribution in [0.2, 0.25) is 0 Å². The average molecular weight is 304 g/mol. The summed E-state index contributed by atoms with van der Waals surface area (Å²) in [6.45, 7) is 0.0332. The van der Waals surface area contributed by atoms with Crippen molar-refractivity contribution in [3.63, 3.8) is 0 Å². The van der Waals surface area contributed by atoms with Gasteiger partial charge in [0.1, 0.15) is 5.25 Å². The van der Waals surface area contributed by atoms with E-state index in [2.05, 4.69) is 11.9 Å². The van der Waals surface area contributed by atoms with E-state index < -0.39 is 15.5 Å². The van der Waals surface area contributed by atoms with Crippen molar-refractivity contribution in [2.24, 2.45) is 0 Å². The summed E-state index contributed by atoms with van der Waals surface area (Å²) in [6.07, 6.45) is 5.07. The molecule has 2 unspecified atom stereocenters. The highest BCUT2D eigenvalue weighted by Crippen LogP contribution is 2.36. The van der Waals surface area contributed by atoms with Gasteiger partial charge in [-0.15, -0.1) is 3.89 Å². The summed E-state index contributed by atoms with van der Waals surface area (Å²) in [6, 6.07) is 1.03. The van der Waals surface area contributed by atoms with Gasteiger partial charge in [0.2, 0.25) is 5.91 Å². The van der Waals surface area contributed by atoms with Crippen LogP contribution in [0.4, 0.5) is 3.89 Å². The zero-order valence-corrected chi connectivity index (χ0v) is 12.5. The molecule has 20 heavy (non-hydrogen) atoms. The van der Waals surface area contributed by atoms with E-state index in [1.807, 2.05) is 0 Å². The minimum absolute atomic E-state index is 0.0332. The molecule has 114 valence electrons. The van der Waals surface area contributed by atoms with E-state index in [9.17, 15) is 17.1 Å². The Balaban J connectivity index is 1.73. The van der Waals surface area contributed by atoms with Gasteiger partial charge in [-0.25, -0.2) is 0 Å². The molecule has 3 saturated heterocycles. The lowest BCUT2D eigenvalue weighted by Crippen LogP contribution is -2.55. The normalized spacial score (nSPS) is 39.3. The molecule has 0 N–H and O–H groups in total. The van der Waals surface area contributed by atoms with Gasteiger partial charge in [0.25, 0.3) is 0 Å². The van der Waals surface area contributed by atoms with E-state index in [0.717, 1.165) is 25.7 Å². The largest absolute Gasteiger partial charge is 0.338 e. The number of hydrogen-bond donors (Lipinski definition) is 0. The molecule has 3 rings (SSSR count). The summed E-state index contributed by atoms with van der Waals surface area (Å²) >= 11 is 0. The van der Waals surface area contributed by atoms with Gasteiger partial charge in [-0.1, -0.05) is 6.42 Å². The highest BCUT2D eigenvalue weighted by atomic mass is 32.3. The van der Waals surface area contributed by atoms with Crippen LogP contribution < -0.4 is 0 Å². The number of carbonyl (C=O) groups is 1. The topological polar surface area (TPSA) is 57.7 Å². The summed E-state index contributed by atoms with van der Waals surface area (Å²) < 4.78 is 35.1. The van der Waals surface area contributed by atoms with E-state index in [0.29, 0.717) is 12.1 Å². The van der Waals surface area contributed by atoms with Gasteiger partial charge in [-0.3, -0.25) is 4.79 Å². The van der Waals surface area contributed by atoms with Crippen molar-refractivity contribution >= 4 is 16.1 Å². The molecule has 0 aromatic rings. The molecule has 0 spiro atoms. The van der Waals surface area contributed by atoms with Crippen LogP contribution in [-0.2, 0) is 15.0 Å². The van der Waals surface area contributed by atoms with Gasteiger partial charge in [0.15, 0.2) is 0 Å². The van der Waals surface area contributed by atoms with Crippen LogP contribution in [0.5, 0.6) is 0 Å². The lowest BCUT2D eigenvalue weighted by atomic mass is 9.82. The molecule has 0 aromatic carbocycles. The van der Waals surface area contributed by atoms with Gasteiger partial charge < -0.3 is 9.80 Å². The maximum absolute atomic E-state index is 13.1. The minimum Gasteiger partial charge on any atom is -0.338 e. The van der Waals surface area contributed by atoms with Crippen molar-refractivity contribution in [1.29, 1.82) is 0 Å². The first kappa shape index (κ1) is 14.3. The third-order valence-corrected chi connectivity index (χ3v) is 6.39. The molecule has 0 aliphatic carbocycles. The number of amides is 1. The van der Waals surface area contributed by atoms with E-state index in [4.69, 9.17) is 0 Å². The number of fused-ring (bicyclic) bond motifs is 2. The second kappa shape index (κ2) is 4.94. The maximum Gasteiger partial charge on any atom is 0.307 e. The van der Waals surface area contributed by atoms with Crippen molar-refractivity contribution in [2.75, 3.05) is 13.6 Å². The Morgan fingerprint density at radius 3 is 2.25 bits per heavy atom. The Morgan fingerprint density at radius 2 is 1.75 bits per heavy atom. The van der Waals surface area contributed by atoms with Gasteiger partial charge >= 0.3 is 10.2 Å². The Morgan fingerprint density at radius 1 is 1.15 bits per heavy atom. The van der Waals surface area contributed by atoms with Gasteiger partial charge in [-0.2, -0.15) is 8.42 Å². The second-order valence-corrected chi connectivity index (χ2v) is 7.99. The lowest BCUT2D eigenvalue weighted by Gasteiger charge is -2.49. The van der Waals surface area contributed by atoms with Gasteiger partial charge in [0.05, 0.1) is 0 Å². The molecule has 2 bridgehead atoms. The fraction of sp³-hybridized carbons (Fsp3) is 0.923. The molecule has 0 aromatic heterocycles. The summed E-state index contributed by atoms with van der Waals surface area (Å²) in [7, 11) is -2.48. The zero-order valence-electron chi connectivity index (χ0n) is 11.7. The van der Waals surface area contributed by atoms with Crippen molar-refractivity contribution in [1.82, 2.24) is 9.80 Å². The third kappa shape index (κ3) is 2.45. The molecule has 4 atom stereocenters. The van der Waals surface area contributed by atoms with Crippen LogP contribution in [0, 0.1) is 0 Å². The Bertz CT molecular complexity index is 496. The number of hydrogen-bond acceptors (Lipinski definition) is 4. The van der Waals surface area contributed by atoms with Crippen molar-refractivity contribution in [2.45, 2.75) is 61.9 Å². The fourth-order valence-corrected chi connectivity index (χ4v) is 4.76. The number of carbonyl (C=O) groups excluding carboxylic acids is 1. The molecule has 3 heterocycles. The Kier molecular flexibility index (Phi) is 3.52. The predicted molar refractivity (Wildman–Crippen MR) is 72.4 cm³/mol. The molecule has 1 amide bonds.